The van der Waals surface area contributed by atoms with Crippen LogP contribution in [0, 0.1) is 11.8 Å². The van der Waals surface area contributed by atoms with Gasteiger partial charge in [0.1, 0.15) is 0 Å². The molecule has 4 nitrogen and oxygen atoms in total. The molecule has 0 unspecified atom stereocenters. The van der Waals surface area contributed by atoms with Gasteiger partial charge in [-0.15, -0.1) is 0 Å². The largest absolute Gasteiger partial charge is 0.454 e. The van der Waals surface area contributed by atoms with Gasteiger partial charge in [-0.2, -0.15) is 0 Å². The number of ketones is 1. The lowest BCUT2D eigenvalue weighted by molar-refractivity contribution is 0.0473. The molecule has 2 aliphatic heterocycles. The Hall–Kier alpha value is -3.92. The lowest BCUT2D eigenvalue weighted by Gasteiger charge is -2.46. The Balaban J connectivity index is 1.13. The van der Waals surface area contributed by atoms with E-state index in [0.717, 1.165) is 42.6 Å². The van der Waals surface area contributed by atoms with Crippen LogP contribution in [0.5, 0.6) is 0 Å². The van der Waals surface area contributed by atoms with Crippen LogP contribution in [0.3, 0.4) is 0 Å². The predicted molar refractivity (Wildman–Crippen MR) is 145 cm³/mol. The maximum atomic E-state index is 13.4. The van der Waals surface area contributed by atoms with Crippen molar-refractivity contribution in [2.75, 3.05) is 24.6 Å². The fourth-order valence-corrected chi connectivity index (χ4v) is 6.83. The van der Waals surface area contributed by atoms with E-state index in [1.807, 2.05) is 48.5 Å². The van der Waals surface area contributed by atoms with E-state index >= 15 is 0 Å². The Bertz CT molecular complexity index is 1430. The molecule has 0 spiro atoms. The summed E-state index contributed by atoms with van der Waals surface area (Å²) in [6, 6.07) is 21.6. The van der Waals surface area contributed by atoms with E-state index in [4.69, 9.17) is 4.74 Å². The second kappa shape index (κ2) is 8.88. The molecule has 4 heteroatoms. The minimum Gasteiger partial charge on any atom is -0.454 e. The van der Waals surface area contributed by atoms with Crippen molar-refractivity contribution in [1.82, 2.24) is 0 Å². The first-order valence-corrected chi connectivity index (χ1v) is 13.3. The summed E-state index contributed by atoms with van der Waals surface area (Å²) in [5.41, 5.74) is 6.97. The highest BCUT2D eigenvalue weighted by Gasteiger charge is 2.44. The van der Waals surface area contributed by atoms with Crippen molar-refractivity contribution < 1.29 is 14.3 Å². The topological polar surface area (TPSA) is 46.6 Å². The number of nitrogens with zero attached hydrogens (tertiary/aromatic N) is 1. The second-order valence-electron chi connectivity index (χ2n) is 10.7. The van der Waals surface area contributed by atoms with E-state index in [2.05, 4.69) is 35.3 Å². The lowest BCUT2D eigenvalue weighted by Crippen LogP contribution is -2.44. The number of carbonyl (C=O) groups is 2. The molecule has 7 rings (SSSR count). The van der Waals surface area contributed by atoms with Crippen LogP contribution in [0.15, 0.2) is 91.0 Å². The number of carbonyl (C=O) groups excluding carboxylic acids is 2. The van der Waals surface area contributed by atoms with E-state index < -0.39 is 5.97 Å². The third-order valence-corrected chi connectivity index (χ3v) is 8.62. The van der Waals surface area contributed by atoms with Crippen LogP contribution in [-0.4, -0.2) is 31.4 Å². The number of benzene rings is 3. The minimum atomic E-state index is -0.406. The van der Waals surface area contributed by atoms with Crippen molar-refractivity contribution >= 4 is 17.4 Å². The second-order valence-corrected chi connectivity index (χ2v) is 10.7. The molecule has 0 amide bonds. The van der Waals surface area contributed by atoms with Crippen LogP contribution in [0.25, 0.3) is 11.1 Å². The van der Waals surface area contributed by atoms with Crippen molar-refractivity contribution in [3.63, 3.8) is 0 Å². The van der Waals surface area contributed by atoms with Crippen LogP contribution in [0.4, 0.5) is 5.69 Å². The van der Waals surface area contributed by atoms with Crippen molar-refractivity contribution in [1.29, 1.82) is 0 Å². The SMILES string of the molecule is O=C(COC(=O)c1ccc2c3c1[C@@H]1C=CC[C@@H]1CN3C[C@@H]1CC=C[C@H]21)c1ccc(-c2ccccc2)cc1. The molecule has 3 aromatic carbocycles. The number of esters is 1. The lowest BCUT2D eigenvalue weighted by atomic mass is 9.73. The summed E-state index contributed by atoms with van der Waals surface area (Å²) < 4.78 is 5.64. The average molecular weight is 488 g/mol. The molecule has 4 aliphatic rings. The molecule has 3 aromatic rings. The fourth-order valence-electron chi connectivity index (χ4n) is 6.83. The quantitative estimate of drug-likeness (QED) is 0.233. The number of allylic oxidation sites excluding steroid dienone is 4. The number of rotatable bonds is 5. The summed E-state index contributed by atoms with van der Waals surface area (Å²) in [5.74, 6) is 1.17. The van der Waals surface area contributed by atoms with Crippen LogP contribution >= 0.6 is 0 Å². The average Bonchev–Trinajstić information content (AvgIpc) is 3.62. The normalized spacial score (nSPS) is 24.4. The molecule has 0 radical (unpaired) electrons. The van der Waals surface area contributed by atoms with Crippen LogP contribution in [0.1, 0.15) is 56.5 Å². The summed E-state index contributed by atoms with van der Waals surface area (Å²) in [5, 5.41) is 0. The third kappa shape index (κ3) is 3.74. The van der Waals surface area contributed by atoms with E-state index in [0.29, 0.717) is 28.9 Å². The highest BCUT2D eigenvalue weighted by atomic mass is 16.5. The van der Waals surface area contributed by atoms with Gasteiger partial charge in [0.25, 0.3) is 0 Å². The first kappa shape index (κ1) is 22.3. The molecule has 0 bridgehead atoms. The fraction of sp³-hybridized carbons (Fsp3) is 0.273. The zero-order chi connectivity index (χ0) is 24.9. The number of hydrogen-bond donors (Lipinski definition) is 0. The summed E-state index contributed by atoms with van der Waals surface area (Å²) in [6.07, 6.45) is 11.3. The van der Waals surface area contributed by atoms with Crippen molar-refractivity contribution in [2.45, 2.75) is 24.7 Å². The van der Waals surface area contributed by atoms with E-state index in [1.54, 1.807) is 12.1 Å². The standard InChI is InChI=1S/C33H29NO3/c35-30(23-14-12-22(13-15-23)21-6-2-1-3-7-21)20-37-33(36)29-17-16-28-26-10-4-8-24(26)18-34-19-25-9-5-11-27(25)31(29)32(28)34/h1-7,10-17,24-27H,8-9,18-20H2/t24-,25+,26-,27+/m0/s1. The Morgan fingerprint density at radius 2 is 1.46 bits per heavy atom. The molecule has 0 saturated heterocycles. The molecule has 2 aliphatic carbocycles. The van der Waals surface area contributed by atoms with Gasteiger partial charge >= 0.3 is 5.97 Å². The van der Waals surface area contributed by atoms with Crippen molar-refractivity contribution in [3.05, 3.63) is 113 Å². The molecule has 0 aromatic heterocycles. The van der Waals surface area contributed by atoms with Crippen molar-refractivity contribution in [2.24, 2.45) is 11.8 Å². The highest BCUT2D eigenvalue weighted by molar-refractivity contribution is 6.00. The third-order valence-electron chi connectivity index (χ3n) is 8.62. The number of fused-ring (bicyclic) bond motifs is 4. The van der Waals surface area contributed by atoms with Gasteiger partial charge in [-0.1, -0.05) is 85.0 Å². The van der Waals surface area contributed by atoms with Gasteiger partial charge in [0.05, 0.1) is 5.56 Å². The number of anilines is 1. The summed E-state index contributed by atoms with van der Waals surface area (Å²) in [6.45, 7) is 1.81. The molecule has 0 saturated carbocycles. The minimum absolute atomic E-state index is 0.196. The van der Waals surface area contributed by atoms with Crippen LogP contribution < -0.4 is 4.90 Å². The van der Waals surface area contributed by atoms with Gasteiger partial charge < -0.3 is 9.64 Å². The van der Waals surface area contributed by atoms with Gasteiger partial charge in [0.15, 0.2) is 12.4 Å². The van der Waals surface area contributed by atoms with Crippen molar-refractivity contribution in [3.8, 4) is 11.1 Å². The number of hydrogen-bond acceptors (Lipinski definition) is 4. The summed E-state index contributed by atoms with van der Waals surface area (Å²) in [7, 11) is 0. The molecule has 4 atom stereocenters. The maximum Gasteiger partial charge on any atom is 0.338 e. The monoisotopic (exact) mass is 487 g/mol. The molecule has 2 heterocycles. The molecule has 0 fully saturated rings. The maximum absolute atomic E-state index is 13.4. The Morgan fingerprint density at radius 3 is 2.22 bits per heavy atom. The molecular formula is C33H29NO3. The zero-order valence-electron chi connectivity index (χ0n) is 20.7. The number of ether oxygens (including phenoxy) is 1. The number of Topliss-reactive ketones (excluding diaryl/α,β-unsaturated/α-hetero) is 1. The van der Waals surface area contributed by atoms with Gasteiger partial charge in [-0.05, 0) is 53.0 Å². The zero-order valence-corrected chi connectivity index (χ0v) is 20.7. The first-order chi connectivity index (χ1) is 18.2. The van der Waals surface area contributed by atoms with Crippen LogP contribution in [-0.2, 0) is 4.74 Å². The molecular weight excluding hydrogens is 458 g/mol. The van der Waals surface area contributed by atoms with Gasteiger partial charge in [-0.25, -0.2) is 4.79 Å². The smallest absolute Gasteiger partial charge is 0.338 e. The highest BCUT2D eigenvalue weighted by Crippen LogP contribution is 2.53. The first-order valence-electron chi connectivity index (χ1n) is 13.3. The van der Waals surface area contributed by atoms with Gasteiger partial charge in [0, 0.05) is 36.2 Å². The van der Waals surface area contributed by atoms with E-state index in [9.17, 15) is 9.59 Å². The Labute approximate surface area is 217 Å². The van der Waals surface area contributed by atoms with Gasteiger partial charge in [-0.3, -0.25) is 4.79 Å². The molecule has 184 valence electrons. The Kier molecular flexibility index (Phi) is 5.35. The van der Waals surface area contributed by atoms with E-state index in [-0.39, 0.29) is 18.3 Å². The molecule has 37 heavy (non-hydrogen) atoms. The summed E-state index contributed by atoms with van der Waals surface area (Å²) >= 11 is 0. The Morgan fingerprint density at radius 1 is 0.784 bits per heavy atom. The van der Waals surface area contributed by atoms with Gasteiger partial charge in [0.2, 0.25) is 0 Å². The predicted octanol–water partition coefficient (Wildman–Crippen LogP) is 6.55. The van der Waals surface area contributed by atoms with E-state index in [1.165, 1.54) is 11.3 Å². The summed E-state index contributed by atoms with van der Waals surface area (Å²) in [4.78, 5) is 28.8. The van der Waals surface area contributed by atoms with Crippen LogP contribution in [0.2, 0.25) is 0 Å². The molecule has 0 N–H and O–H groups in total.